The minimum atomic E-state index is 0.0220. The molecule has 0 radical (unpaired) electrons. The monoisotopic (exact) mass is 356 g/mol. The smallest absolute Gasteiger partial charge is 0.139 e. The van der Waals surface area contributed by atoms with Crippen molar-refractivity contribution in [3.8, 4) is 5.75 Å². The number of piperidine rings is 1. The van der Waals surface area contributed by atoms with E-state index in [1.807, 2.05) is 24.3 Å². The predicted octanol–water partition coefficient (Wildman–Crippen LogP) is 4.20. The Balaban J connectivity index is 1.65. The van der Waals surface area contributed by atoms with Gasteiger partial charge in [0.05, 0.1) is 6.04 Å². The molecule has 1 aliphatic heterocycles. The molecule has 25 heavy (non-hydrogen) atoms. The lowest BCUT2D eigenvalue weighted by molar-refractivity contribution is 0.0367. The number of hydrogen-bond donors (Lipinski definition) is 1. The van der Waals surface area contributed by atoms with Gasteiger partial charge in [-0.2, -0.15) is 0 Å². The average Bonchev–Trinajstić information content (AvgIpc) is 2.62. The van der Waals surface area contributed by atoms with E-state index in [1.54, 1.807) is 0 Å². The fourth-order valence-corrected chi connectivity index (χ4v) is 4.43. The second-order valence-corrected chi connectivity index (χ2v) is 7.63. The second kappa shape index (κ2) is 7.36. The zero-order valence-electron chi connectivity index (χ0n) is 14.4. The number of rotatable bonds is 3. The van der Waals surface area contributed by atoms with Crippen molar-refractivity contribution in [2.24, 2.45) is 5.73 Å². The Hall–Kier alpha value is -1.55. The van der Waals surface area contributed by atoms with E-state index in [0.29, 0.717) is 11.1 Å². The number of aryl methyl sites for hydroxylation is 1. The van der Waals surface area contributed by atoms with Gasteiger partial charge < -0.3 is 10.5 Å². The second-order valence-electron chi connectivity index (χ2n) is 7.20. The Labute approximate surface area is 154 Å². The zero-order chi connectivity index (χ0) is 17.2. The third-order valence-corrected chi connectivity index (χ3v) is 5.67. The summed E-state index contributed by atoms with van der Waals surface area (Å²) in [7, 11) is 0. The Morgan fingerprint density at radius 2 is 1.96 bits per heavy atom. The zero-order valence-corrected chi connectivity index (χ0v) is 15.2. The highest BCUT2D eigenvalue weighted by Gasteiger charge is 2.36. The van der Waals surface area contributed by atoms with E-state index in [4.69, 9.17) is 22.1 Å². The molecule has 2 aliphatic rings. The SMILES string of the molecule is N[C@H]1CCCN(C2CCc3ccccc3C2Oc2cccc(Cl)c2)C1. The predicted molar refractivity (Wildman–Crippen MR) is 102 cm³/mol. The van der Waals surface area contributed by atoms with Gasteiger partial charge in [0.15, 0.2) is 0 Å². The molecule has 4 heteroatoms. The van der Waals surface area contributed by atoms with Crippen molar-refractivity contribution in [2.75, 3.05) is 13.1 Å². The number of nitrogens with two attached hydrogens (primary N) is 1. The molecule has 1 heterocycles. The number of halogens is 1. The molecule has 0 saturated carbocycles. The first-order valence-electron chi connectivity index (χ1n) is 9.20. The van der Waals surface area contributed by atoms with Crippen LogP contribution in [0, 0.1) is 0 Å². The van der Waals surface area contributed by atoms with Crippen molar-refractivity contribution in [2.45, 2.75) is 43.9 Å². The summed E-state index contributed by atoms with van der Waals surface area (Å²) < 4.78 is 6.50. The highest BCUT2D eigenvalue weighted by atomic mass is 35.5. The lowest BCUT2D eigenvalue weighted by Crippen LogP contribution is -2.51. The number of benzene rings is 2. The molecule has 1 saturated heterocycles. The maximum Gasteiger partial charge on any atom is 0.139 e. The maximum atomic E-state index is 6.50. The van der Waals surface area contributed by atoms with Gasteiger partial charge in [-0.3, -0.25) is 4.90 Å². The first-order valence-corrected chi connectivity index (χ1v) is 9.58. The van der Waals surface area contributed by atoms with E-state index >= 15 is 0 Å². The maximum absolute atomic E-state index is 6.50. The first kappa shape index (κ1) is 16.9. The lowest BCUT2D eigenvalue weighted by Gasteiger charge is -2.43. The van der Waals surface area contributed by atoms with Crippen LogP contribution in [0.25, 0.3) is 0 Å². The fraction of sp³-hybridized carbons (Fsp3) is 0.429. The fourth-order valence-electron chi connectivity index (χ4n) is 4.25. The third kappa shape index (κ3) is 3.69. The molecule has 2 aromatic carbocycles. The minimum Gasteiger partial charge on any atom is -0.484 e. The van der Waals surface area contributed by atoms with Crippen LogP contribution >= 0.6 is 11.6 Å². The number of hydrogen-bond acceptors (Lipinski definition) is 3. The van der Waals surface area contributed by atoms with Gasteiger partial charge in [-0.05, 0) is 61.6 Å². The topological polar surface area (TPSA) is 38.5 Å². The third-order valence-electron chi connectivity index (χ3n) is 5.44. The van der Waals surface area contributed by atoms with Crippen LogP contribution < -0.4 is 10.5 Å². The Morgan fingerprint density at radius 3 is 2.80 bits per heavy atom. The minimum absolute atomic E-state index is 0.0220. The number of likely N-dealkylation sites (tertiary alicyclic amines) is 1. The highest BCUT2D eigenvalue weighted by molar-refractivity contribution is 6.30. The normalized spacial score (nSPS) is 26.9. The van der Waals surface area contributed by atoms with Crippen LogP contribution in [0.1, 0.15) is 36.5 Å². The van der Waals surface area contributed by atoms with Gasteiger partial charge in [0.1, 0.15) is 11.9 Å². The largest absolute Gasteiger partial charge is 0.484 e. The van der Waals surface area contributed by atoms with Crippen molar-refractivity contribution < 1.29 is 4.74 Å². The van der Waals surface area contributed by atoms with E-state index in [-0.39, 0.29) is 12.1 Å². The first-order chi connectivity index (χ1) is 12.2. The summed E-state index contributed by atoms with van der Waals surface area (Å²) in [4.78, 5) is 2.54. The van der Waals surface area contributed by atoms with Gasteiger partial charge in [0.25, 0.3) is 0 Å². The van der Waals surface area contributed by atoms with Crippen LogP contribution in [-0.2, 0) is 6.42 Å². The van der Waals surface area contributed by atoms with Gasteiger partial charge in [-0.1, -0.05) is 41.9 Å². The summed E-state index contributed by atoms with van der Waals surface area (Å²) in [6, 6.07) is 17.0. The summed E-state index contributed by atoms with van der Waals surface area (Å²) >= 11 is 6.16. The summed E-state index contributed by atoms with van der Waals surface area (Å²) in [5, 5.41) is 0.707. The lowest BCUT2D eigenvalue weighted by atomic mass is 9.84. The molecule has 1 fully saturated rings. The molecular weight excluding hydrogens is 332 g/mol. The van der Waals surface area contributed by atoms with E-state index in [1.165, 1.54) is 17.5 Å². The number of nitrogens with zero attached hydrogens (tertiary/aromatic N) is 1. The molecule has 0 spiro atoms. The average molecular weight is 357 g/mol. The Morgan fingerprint density at radius 1 is 1.08 bits per heavy atom. The summed E-state index contributed by atoms with van der Waals surface area (Å²) in [5.41, 5.74) is 8.94. The molecule has 2 unspecified atom stereocenters. The van der Waals surface area contributed by atoms with Crippen molar-refractivity contribution >= 4 is 11.6 Å². The van der Waals surface area contributed by atoms with Gasteiger partial charge in [0.2, 0.25) is 0 Å². The van der Waals surface area contributed by atoms with Gasteiger partial charge >= 0.3 is 0 Å². The molecule has 2 N–H and O–H groups in total. The van der Waals surface area contributed by atoms with Crippen molar-refractivity contribution in [3.05, 3.63) is 64.7 Å². The van der Waals surface area contributed by atoms with E-state index < -0.39 is 0 Å². The Bertz CT molecular complexity index is 735. The van der Waals surface area contributed by atoms with E-state index in [9.17, 15) is 0 Å². The van der Waals surface area contributed by atoms with Crippen LogP contribution in [0.2, 0.25) is 5.02 Å². The van der Waals surface area contributed by atoms with E-state index in [2.05, 4.69) is 29.2 Å². The molecule has 1 aliphatic carbocycles. The molecule has 132 valence electrons. The molecule has 0 bridgehead atoms. The van der Waals surface area contributed by atoms with Crippen LogP contribution in [0.4, 0.5) is 0 Å². The van der Waals surface area contributed by atoms with Crippen LogP contribution in [0.3, 0.4) is 0 Å². The van der Waals surface area contributed by atoms with Gasteiger partial charge in [-0.15, -0.1) is 0 Å². The summed E-state index contributed by atoms with van der Waals surface area (Å²) in [6.07, 6.45) is 4.52. The highest BCUT2D eigenvalue weighted by Crippen LogP contribution is 2.37. The number of ether oxygens (including phenoxy) is 1. The molecule has 0 aromatic heterocycles. The summed E-state index contributed by atoms with van der Waals surface area (Å²) in [5.74, 6) is 0.834. The quantitative estimate of drug-likeness (QED) is 0.895. The Kier molecular flexibility index (Phi) is 4.98. The van der Waals surface area contributed by atoms with Crippen LogP contribution in [0.5, 0.6) is 5.75 Å². The van der Waals surface area contributed by atoms with Crippen molar-refractivity contribution in [1.82, 2.24) is 4.90 Å². The number of fused-ring (bicyclic) bond motifs is 1. The molecule has 2 aromatic rings. The van der Waals surface area contributed by atoms with E-state index in [0.717, 1.165) is 38.1 Å². The van der Waals surface area contributed by atoms with Crippen molar-refractivity contribution in [3.63, 3.8) is 0 Å². The molecular formula is C21H25ClN2O. The van der Waals surface area contributed by atoms with Crippen molar-refractivity contribution in [1.29, 1.82) is 0 Å². The molecule has 3 atom stereocenters. The molecule has 4 rings (SSSR count). The molecule has 0 amide bonds. The summed E-state index contributed by atoms with van der Waals surface area (Å²) in [6.45, 7) is 2.07. The van der Waals surface area contributed by atoms with Gasteiger partial charge in [0, 0.05) is 17.6 Å². The van der Waals surface area contributed by atoms with Gasteiger partial charge in [-0.25, -0.2) is 0 Å². The standard InChI is InChI=1S/C21H25ClN2O/c22-16-6-3-8-18(13-16)25-21-19-9-2-1-5-15(19)10-11-20(21)24-12-4-7-17(23)14-24/h1-3,5-6,8-9,13,17,20-21H,4,7,10-12,14,23H2/t17-,20?,21?/m0/s1. The molecule has 3 nitrogen and oxygen atoms in total. The van der Waals surface area contributed by atoms with Crippen LogP contribution in [0.15, 0.2) is 48.5 Å². The van der Waals surface area contributed by atoms with Crippen LogP contribution in [-0.4, -0.2) is 30.1 Å².